The van der Waals surface area contributed by atoms with E-state index in [4.69, 9.17) is 0 Å². The molecular weight excluding hydrogens is 264 g/mol. The summed E-state index contributed by atoms with van der Waals surface area (Å²) in [5.74, 6) is 0. The van der Waals surface area contributed by atoms with E-state index in [1.54, 1.807) is 0 Å². The second kappa shape index (κ2) is 4.20. The Kier molecular flexibility index (Phi) is 2.29. The zero-order chi connectivity index (χ0) is 14.7. The zero-order valence-corrected chi connectivity index (χ0v) is 12.6. The molecule has 0 heteroatoms. The number of hydrogen-bond acceptors (Lipinski definition) is 0. The van der Waals surface area contributed by atoms with Gasteiger partial charge in [0.2, 0.25) is 0 Å². The second-order valence-corrected chi connectivity index (χ2v) is 6.29. The Morgan fingerprint density at radius 1 is 0.682 bits per heavy atom. The summed E-state index contributed by atoms with van der Waals surface area (Å²) in [6.45, 7) is 2.22. The van der Waals surface area contributed by atoms with E-state index in [0.29, 0.717) is 0 Å². The summed E-state index contributed by atoms with van der Waals surface area (Å²) < 4.78 is 0. The first-order chi connectivity index (χ1) is 10.8. The van der Waals surface area contributed by atoms with E-state index in [2.05, 4.69) is 73.7 Å². The van der Waals surface area contributed by atoms with Crippen molar-refractivity contribution in [2.45, 2.75) is 13.3 Å². The minimum Gasteiger partial charge on any atom is -0.0616 e. The molecule has 0 nitrogen and oxygen atoms in total. The van der Waals surface area contributed by atoms with Gasteiger partial charge in [0.1, 0.15) is 0 Å². The van der Waals surface area contributed by atoms with Gasteiger partial charge in [0, 0.05) is 0 Å². The predicted molar refractivity (Wildman–Crippen MR) is 94.4 cm³/mol. The molecule has 0 heterocycles. The molecule has 4 aromatic rings. The lowest BCUT2D eigenvalue weighted by molar-refractivity contribution is 1.22. The molecule has 104 valence electrons. The summed E-state index contributed by atoms with van der Waals surface area (Å²) in [7, 11) is 0. The first kappa shape index (κ1) is 12.0. The third kappa shape index (κ3) is 1.52. The van der Waals surface area contributed by atoms with Gasteiger partial charge in [0.25, 0.3) is 0 Å². The van der Waals surface area contributed by atoms with Gasteiger partial charge in [-0.05, 0) is 68.8 Å². The maximum absolute atomic E-state index is 2.40. The second-order valence-electron chi connectivity index (χ2n) is 6.29. The fourth-order valence-corrected chi connectivity index (χ4v) is 3.88. The van der Waals surface area contributed by atoms with Gasteiger partial charge in [0.05, 0.1) is 0 Å². The highest BCUT2D eigenvalue weighted by atomic mass is 14.2. The molecule has 0 saturated carbocycles. The maximum atomic E-state index is 2.40. The van der Waals surface area contributed by atoms with Crippen LogP contribution < -0.4 is 0 Å². The van der Waals surface area contributed by atoms with Crippen molar-refractivity contribution in [2.24, 2.45) is 0 Å². The summed E-state index contributed by atoms with van der Waals surface area (Å²) in [4.78, 5) is 0. The van der Waals surface area contributed by atoms with Gasteiger partial charge in [-0.1, -0.05) is 60.7 Å². The van der Waals surface area contributed by atoms with Crippen LogP contribution in [0.15, 0.2) is 66.7 Å². The summed E-state index contributed by atoms with van der Waals surface area (Å²) in [6.07, 6.45) is 1.07. The van der Waals surface area contributed by atoms with Crippen molar-refractivity contribution in [3.05, 3.63) is 83.4 Å². The molecule has 0 fully saturated rings. The van der Waals surface area contributed by atoms with E-state index in [1.165, 1.54) is 49.4 Å². The molecule has 0 unspecified atom stereocenters. The number of rotatable bonds is 0. The summed E-state index contributed by atoms with van der Waals surface area (Å²) in [6, 6.07) is 24.6. The van der Waals surface area contributed by atoms with Crippen LogP contribution in [0.4, 0.5) is 0 Å². The molecule has 0 aromatic heterocycles. The van der Waals surface area contributed by atoms with Crippen molar-refractivity contribution in [1.29, 1.82) is 0 Å². The average Bonchev–Trinajstić information content (AvgIpc) is 2.92. The van der Waals surface area contributed by atoms with Gasteiger partial charge in [-0.25, -0.2) is 0 Å². The van der Waals surface area contributed by atoms with E-state index < -0.39 is 0 Å². The van der Waals surface area contributed by atoms with E-state index in [9.17, 15) is 0 Å². The number of fused-ring (bicyclic) bond motifs is 6. The minimum absolute atomic E-state index is 1.07. The molecule has 1 aliphatic carbocycles. The van der Waals surface area contributed by atoms with Crippen molar-refractivity contribution in [3.63, 3.8) is 0 Å². The molecule has 0 aliphatic heterocycles. The van der Waals surface area contributed by atoms with E-state index >= 15 is 0 Å². The molecule has 0 amide bonds. The normalized spacial score (nSPS) is 12.6. The molecular formula is C22H16. The van der Waals surface area contributed by atoms with E-state index in [1.807, 2.05) is 0 Å². The van der Waals surface area contributed by atoms with Crippen LogP contribution in [0.2, 0.25) is 0 Å². The van der Waals surface area contributed by atoms with Gasteiger partial charge in [0.15, 0.2) is 0 Å². The fraction of sp³-hybridized carbons (Fsp3) is 0.0909. The molecule has 0 N–H and O–H groups in total. The lowest BCUT2D eigenvalue weighted by atomic mass is 9.96. The largest absolute Gasteiger partial charge is 0.0616 e. The lowest BCUT2D eigenvalue weighted by Crippen LogP contribution is -1.85. The van der Waals surface area contributed by atoms with Crippen LogP contribution in [0.1, 0.15) is 16.7 Å². The monoisotopic (exact) mass is 280 g/mol. The van der Waals surface area contributed by atoms with Gasteiger partial charge < -0.3 is 0 Å². The first-order valence-corrected chi connectivity index (χ1v) is 7.84. The third-order valence-corrected chi connectivity index (χ3v) is 5.04. The minimum atomic E-state index is 1.07. The number of aryl methyl sites for hydroxylation is 1. The molecule has 0 spiro atoms. The Labute approximate surface area is 130 Å². The summed E-state index contributed by atoms with van der Waals surface area (Å²) in [5, 5.41) is 5.38. The molecule has 0 saturated heterocycles. The van der Waals surface area contributed by atoms with Crippen LogP contribution in [0.25, 0.3) is 32.7 Å². The first-order valence-electron chi connectivity index (χ1n) is 7.84. The van der Waals surface area contributed by atoms with E-state index in [0.717, 1.165) is 6.42 Å². The third-order valence-electron chi connectivity index (χ3n) is 5.04. The van der Waals surface area contributed by atoms with Crippen LogP contribution in [-0.4, -0.2) is 0 Å². The Bertz CT molecular complexity index is 1050. The topological polar surface area (TPSA) is 0 Å². The molecule has 4 aromatic carbocycles. The number of hydrogen-bond donors (Lipinski definition) is 0. The highest BCUT2D eigenvalue weighted by Crippen LogP contribution is 2.41. The van der Waals surface area contributed by atoms with Crippen molar-refractivity contribution in [3.8, 4) is 11.1 Å². The quantitative estimate of drug-likeness (QED) is 0.311. The highest BCUT2D eigenvalue weighted by molar-refractivity contribution is 6.09. The molecule has 1 aliphatic rings. The summed E-state index contributed by atoms with van der Waals surface area (Å²) in [5.41, 5.74) is 7.21. The molecule has 0 radical (unpaired) electrons. The Balaban J connectivity index is 1.90. The van der Waals surface area contributed by atoms with Crippen molar-refractivity contribution in [2.75, 3.05) is 0 Å². The molecule has 22 heavy (non-hydrogen) atoms. The van der Waals surface area contributed by atoms with Crippen LogP contribution in [0.5, 0.6) is 0 Å². The van der Waals surface area contributed by atoms with Crippen molar-refractivity contribution in [1.82, 2.24) is 0 Å². The molecule has 0 atom stereocenters. The smallest absolute Gasteiger partial charge is 0.00106 e. The average molecular weight is 280 g/mol. The zero-order valence-electron chi connectivity index (χ0n) is 12.6. The Hall–Kier alpha value is -2.60. The van der Waals surface area contributed by atoms with Crippen molar-refractivity contribution < 1.29 is 0 Å². The maximum Gasteiger partial charge on any atom is -0.00106 e. The Morgan fingerprint density at radius 3 is 2.50 bits per heavy atom. The van der Waals surface area contributed by atoms with Crippen LogP contribution >= 0.6 is 0 Å². The SMILES string of the molecule is Cc1cccc2c1Cc1cc3ccc4ccccc4c3cc1-2. The fourth-order valence-electron chi connectivity index (χ4n) is 3.88. The predicted octanol–water partition coefficient (Wildman–Crippen LogP) is 5.87. The van der Waals surface area contributed by atoms with E-state index in [-0.39, 0.29) is 0 Å². The number of benzene rings is 4. The van der Waals surface area contributed by atoms with Gasteiger partial charge in [-0.15, -0.1) is 0 Å². The highest BCUT2D eigenvalue weighted by Gasteiger charge is 2.20. The Morgan fingerprint density at radius 2 is 1.55 bits per heavy atom. The van der Waals surface area contributed by atoms with Crippen LogP contribution in [0.3, 0.4) is 0 Å². The lowest BCUT2D eigenvalue weighted by Gasteiger charge is -2.08. The summed E-state index contributed by atoms with van der Waals surface area (Å²) >= 11 is 0. The molecule has 5 rings (SSSR count). The van der Waals surface area contributed by atoms with Gasteiger partial charge in [-0.3, -0.25) is 0 Å². The van der Waals surface area contributed by atoms with Crippen LogP contribution in [-0.2, 0) is 6.42 Å². The van der Waals surface area contributed by atoms with Gasteiger partial charge >= 0.3 is 0 Å². The molecule has 0 bridgehead atoms. The van der Waals surface area contributed by atoms with Crippen LogP contribution in [0, 0.1) is 6.92 Å². The van der Waals surface area contributed by atoms with Gasteiger partial charge in [-0.2, -0.15) is 0 Å². The standard InChI is InChI=1S/C22H16/c1-14-5-4-8-19-20(14)12-17-11-16-10-9-15-6-2-3-7-18(15)21(16)13-22(17)19/h2-11,13H,12H2,1H3. The van der Waals surface area contributed by atoms with Crippen molar-refractivity contribution >= 4 is 21.5 Å².